The van der Waals surface area contributed by atoms with Gasteiger partial charge in [-0.1, -0.05) is 6.07 Å². The second-order valence-corrected chi connectivity index (χ2v) is 7.44. The first-order valence-corrected chi connectivity index (χ1v) is 9.34. The number of aromatic nitrogens is 1. The fourth-order valence-corrected chi connectivity index (χ4v) is 3.40. The number of anilines is 1. The molecule has 1 unspecified atom stereocenters. The molecule has 2 saturated heterocycles. The summed E-state index contributed by atoms with van der Waals surface area (Å²) in [5, 5.41) is 2.89. The second-order valence-electron chi connectivity index (χ2n) is 7.44. The molecule has 0 aliphatic carbocycles. The van der Waals surface area contributed by atoms with Crippen LogP contribution in [0.25, 0.3) is 0 Å². The van der Waals surface area contributed by atoms with Crippen LogP contribution in [0, 0.1) is 5.41 Å². The van der Waals surface area contributed by atoms with E-state index >= 15 is 0 Å². The minimum Gasteiger partial charge on any atom is -0.376 e. The lowest BCUT2D eigenvalue weighted by Crippen LogP contribution is -2.56. The number of hydrogen-bond acceptors (Lipinski definition) is 5. The number of pyridine rings is 1. The summed E-state index contributed by atoms with van der Waals surface area (Å²) >= 11 is 0. The zero-order chi connectivity index (χ0) is 18.6. The number of nitrogens with zero attached hydrogens (tertiary/aromatic N) is 3. The summed E-state index contributed by atoms with van der Waals surface area (Å²) in [7, 11) is 0. The number of ether oxygens (including phenoxy) is 1. The van der Waals surface area contributed by atoms with E-state index in [4.69, 9.17) is 4.74 Å². The van der Waals surface area contributed by atoms with E-state index in [1.54, 1.807) is 24.9 Å². The zero-order valence-electron chi connectivity index (χ0n) is 15.6. The Kier molecular flexibility index (Phi) is 5.76. The van der Waals surface area contributed by atoms with Gasteiger partial charge >= 0.3 is 0 Å². The second kappa shape index (κ2) is 8.03. The molecule has 3 rings (SSSR count). The number of carbonyl (C=O) groups excluding carboxylic acids is 2. The van der Waals surface area contributed by atoms with E-state index in [0.29, 0.717) is 19.6 Å². The van der Waals surface area contributed by atoms with E-state index in [1.165, 1.54) is 0 Å². The third kappa shape index (κ3) is 4.15. The van der Waals surface area contributed by atoms with Crippen LogP contribution in [0.2, 0.25) is 0 Å². The Morgan fingerprint density at radius 2 is 2.04 bits per heavy atom. The molecular formula is C19H28N4O3. The zero-order valence-corrected chi connectivity index (χ0v) is 15.6. The molecule has 3 heterocycles. The van der Waals surface area contributed by atoms with Crippen LogP contribution in [0.3, 0.4) is 0 Å². The standard InChI is InChI=1S/C19H28N4O3/c1-19(2,17(24)21-14-15-6-5-13-26-15)18(25)23-11-9-22(10-12-23)16-7-3-4-8-20-16/h3-4,7-8,15H,5-6,9-14H2,1-2H3,(H,21,24). The van der Waals surface area contributed by atoms with Gasteiger partial charge in [0, 0.05) is 45.5 Å². The molecule has 1 atom stereocenters. The molecule has 2 fully saturated rings. The summed E-state index contributed by atoms with van der Waals surface area (Å²) < 4.78 is 5.53. The summed E-state index contributed by atoms with van der Waals surface area (Å²) in [5.74, 6) is 0.571. The number of amides is 2. The monoisotopic (exact) mass is 360 g/mol. The molecule has 1 aromatic rings. The Morgan fingerprint density at radius 3 is 2.65 bits per heavy atom. The van der Waals surface area contributed by atoms with Gasteiger partial charge in [0.2, 0.25) is 11.8 Å². The van der Waals surface area contributed by atoms with Gasteiger partial charge < -0.3 is 19.9 Å². The summed E-state index contributed by atoms with van der Waals surface area (Å²) in [6, 6.07) is 5.82. The Balaban J connectivity index is 1.52. The average molecular weight is 360 g/mol. The van der Waals surface area contributed by atoms with Crippen molar-refractivity contribution in [3.63, 3.8) is 0 Å². The Morgan fingerprint density at radius 1 is 1.27 bits per heavy atom. The summed E-state index contributed by atoms with van der Waals surface area (Å²) in [6.07, 6.45) is 3.84. The molecule has 2 aliphatic heterocycles. The molecule has 7 heteroatoms. The minimum absolute atomic E-state index is 0.0757. The molecule has 1 N–H and O–H groups in total. The maximum Gasteiger partial charge on any atom is 0.237 e. The van der Waals surface area contributed by atoms with Crippen molar-refractivity contribution >= 4 is 17.6 Å². The van der Waals surface area contributed by atoms with Gasteiger partial charge in [-0.2, -0.15) is 0 Å². The molecule has 142 valence electrons. The third-order valence-corrected chi connectivity index (χ3v) is 5.16. The molecule has 0 aromatic carbocycles. The van der Waals surface area contributed by atoms with E-state index in [9.17, 15) is 9.59 Å². The van der Waals surface area contributed by atoms with Crippen LogP contribution in [-0.2, 0) is 14.3 Å². The molecule has 7 nitrogen and oxygen atoms in total. The third-order valence-electron chi connectivity index (χ3n) is 5.16. The van der Waals surface area contributed by atoms with E-state index in [0.717, 1.165) is 38.4 Å². The predicted octanol–water partition coefficient (Wildman–Crippen LogP) is 1.05. The smallest absolute Gasteiger partial charge is 0.237 e. The molecule has 26 heavy (non-hydrogen) atoms. The number of rotatable bonds is 5. The Labute approximate surface area is 154 Å². The maximum atomic E-state index is 12.9. The van der Waals surface area contributed by atoms with Gasteiger partial charge in [0.05, 0.1) is 6.10 Å². The van der Waals surface area contributed by atoms with Crippen LogP contribution < -0.4 is 10.2 Å². The maximum absolute atomic E-state index is 12.9. The quantitative estimate of drug-likeness (QED) is 0.795. The van der Waals surface area contributed by atoms with Crippen molar-refractivity contribution in [3.8, 4) is 0 Å². The SMILES string of the molecule is CC(C)(C(=O)NCC1CCCO1)C(=O)N1CCN(c2ccccn2)CC1. The van der Waals surface area contributed by atoms with Crippen molar-refractivity contribution in [3.05, 3.63) is 24.4 Å². The minimum atomic E-state index is -1.08. The Hall–Kier alpha value is -2.15. The first-order chi connectivity index (χ1) is 12.5. The number of carbonyl (C=O) groups is 2. The van der Waals surface area contributed by atoms with E-state index in [2.05, 4.69) is 15.2 Å². The van der Waals surface area contributed by atoms with Gasteiger partial charge in [0.15, 0.2) is 0 Å². The Bertz CT molecular complexity index is 621. The summed E-state index contributed by atoms with van der Waals surface area (Å²) in [4.78, 5) is 33.8. The van der Waals surface area contributed by atoms with Crippen LogP contribution >= 0.6 is 0 Å². The highest BCUT2D eigenvalue weighted by molar-refractivity contribution is 6.04. The lowest BCUT2D eigenvalue weighted by atomic mass is 9.90. The van der Waals surface area contributed by atoms with Gasteiger partial charge in [-0.25, -0.2) is 4.98 Å². The normalized spacial score (nSPS) is 20.9. The fourth-order valence-electron chi connectivity index (χ4n) is 3.40. The van der Waals surface area contributed by atoms with Crippen molar-refractivity contribution < 1.29 is 14.3 Å². The van der Waals surface area contributed by atoms with Gasteiger partial charge in [0.1, 0.15) is 11.2 Å². The number of hydrogen-bond donors (Lipinski definition) is 1. The van der Waals surface area contributed by atoms with Crippen molar-refractivity contribution in [2.45, 2.75) is 32.8 Å². The van der Waals surface area contributed by atoms with Crippen molar-refractivity contribution in [1.29, 1.82) is 0 Å². The van der Waals surface area contributed by atoms with Crippen LogP contribution in [0.15, 0.2) is 24.4 Å². The highest BCUT2D eigenvalue weighted by Gasteiger charge is 2.40. The summed E-state index contributed by atoms with van der Waals surface area (Å²) in [5.41, 5.74) is -1.08. The average Bonchev–Trinajstić information content (AvgIpc) is 3.20. The topological polar surface area (TPSA) is 74.8 Å². The van der Waals surface area contributed by atoms with E-state index in [-0.39, 0.29) is 17.9 Å². The molecule has 0 spiro atoms. The van der Waals surface area contributed by atoms with Gasteiger partial charge in [-0.15, -0.1) is 0 Å². The first kappa shape index (κ1) is 18.6. The van der Waals surface area contributed by atoms with E-state index in [1.807, 2.05) is 18.2 Å². The molecule has 0 bridgehead atoms. The van der Waals surface area contributed by atoms with Crippen LogP contribution in [-0.4, -0.2) is 67.1 Å². The number of nitrogens with one attached hydrogen (secondary N) is 1. The molecular weight excluding hydrogens is 332 g/mol. The molecule has 0 saturated carbocycles. The summed E-state index contributed by atoms with van der Waals surface area (Å²) in [6.45, 7) is 7.26. The molecule has 0 radical (unpaired) electrons. The van der Waals surface area contributed by atoms with Crippen LogP contribution in [0.4, 0.5) is 5.82 Å². The van der Waals surface area contributed by atoms with Gasteiger partial charge in [0.25, 0.3) is 0 Å². The predicted molar refractivity (Wildman–Crippen MR) is 98.8 cm³/mol. The van der Waals surface area contributed by atoms with Crippen LogP contribution in [0.5, 0.6) is 0 Å². The fraction of sp³-hybridized carbons (Fsp3) is 0.632. The number of piperazine rings is 1. The highest BCUT2D eigenvalue weighted by Crippen LogP contribution is 2.22. The lowest BCUT2D eigenvalue weighted by Gasteiger charge is -2.38. The van der Waals surface area contributed by atoms with E-state index < -0.39 is 5.41 Å². The van der Waals surface area contributed by atoms with Crippen molar-refractivity contribution in [2.75, 3.05) is 44.2 Å². The van der Waals surface area contributed by atoms with Crippen molar-refractivity contribution in [1.82, 2.24) is 15.2 Å². The van der Waals surface area contributed by atoms with Crippen LogP contribution in [0.1, 0.15) is 26.7 Å². The highest BCUT2D eigenvalue weighted by atomic mass is 16.5. The van der Waals surface area contributed by atoms with Gasteiger partial charge in [-0.3, -0.25) is 9.59 Å². The molecule has 1 aromatic heterocycles. The van der Waals surface area contributed by atoms with Crippen molar-refractivity contribution in [2.24, 2.45) is 5.41 Å². The molecule has 2 aliphatic rings. The molecule has 2 amide bonds. The largest absolute Gasteiger partial charge is 0.376 e. The first-order valence-electron chi connectivity index (χ1n) is 9.34. The lowest BCUT2D eigenvalue weighted by molar-refractivity contribution is -0.149. The van der Waals surface area contributed by atoms with Gasteiger partial charge in [-0.05, 0) is 38.8 Å².